The van der Waals surface area contributed by atoms with Gasteiger partial charge in [-0.15, -0.1) is 0 Å². The van der Waals surface area contributed by atoms with Gasteiger partial charge in [0.1, 0.15) is 0 Å². The molecule has 0 aliphatic rings. The average molecular weight is 1030 g/mol. The van der Waals surface area contributed by atoms with Gasteiger partial charge in [0.2, 0.25) is 5.91 Å². The zero-order chi connectivity index (χ0) is 52.9. The summed E-state index contributed by atoms with van der Waals surface area (Å²) < 4.78 is 5.48. The van der Waals surface area contributed by atoms with Crippen molar-refractivity contribution in [2.24, 2.45) is 0 Å². The third kappa shape index (κ3) is 59.2. The molecule has 0 aliphatic heterocycles. The first-order valence-electron chi connectivity index (χ1n) is 32.7. The Kier molecular flexibility index (Phi) is 61.0. The van der Waals surface area contributed by atoms with Gasteiger partial charge in [-0.05, 0) is 83.5 Å². The van der Waals surface area contributed by atoms with Gasteiger partial charge in [-0.2, -0.15) is 0 Å². The highest BCUT2D eigenvalue weighted by Gasteiger charge is 2.20. The number of carbonyl (C=O) groups is 2. The molecule has 2 unspecified atom stereocenters. The van der Waals surface area contributed by atoms with Crippen molar-refractivity contribution in [1.82, 2.24) is 5.32 Å². The largest absolute Gasteiger partial charge is 0.466 e. The maximum Gasteiger partial charge on any atom is 0.305 e. The van der Waals surface area contributed by atoms with Crippen LogP contribution in [0.15, 0.2) is 36.5 Å². The molecule has 0 aromatic carbocycles. The summed E-state index contributed by atoms with van der Waals surface area (Å²) >= 11 is 0. The van der Waals surface area contributed by atoms with E-state index >= 15 is 0 Å². The van der Waals surface area contributed by atoms with Gasteiger partial charge in [-0.25, -0.2) is 0 Å². The molecule has 0 aliphatic carbocycles. The Morgan fingerprint density at radius 1 is 0.384 bits per heavy atom. The number of unbranched alkanes of at least 4 members (excludes halogenated alkanes) is 44. The normalized spacial score (nSPS) is 12.8. The van der Waals surface area contributed by atoms with Crippen molar-refractivity contribution in [1.29, 1.82) is 0 Å². The molecule has 0 radical (unpaired) electrons. The lowest BCUT2D eigenvalue weighted by Gasteiger charge is -2.22. The second-order valence-corrected chi connectivity index (χ2v) is 22.4. The van der Waals surface area contributed by atoms with E-state index < -0.39 is 12.1 Å². The first-order valence-corrected chi connectivity index (χ1v) is 32.7. The van der Waals surface area contributed by atoms with Crippen LogP contribution in [-0.4, -0.2) is 47.4 Å². The summed E-state index contributed by atoms with van der Waals surface area (Å²) in [5.41, 5.74) is 0. The molecule has 0 heterocycles. The zero-order valence-corrected chi connectivity index (χ0v) is 49.1. The third-order valence-electron chi connectivity index (χ3n) is 15.2. The van der Waals surface area contributed by atoms with Crippen LogP contribution in [0.3, 0.4) is 0 Å². The lowest BCUT2D eigenvalue weighted by molar-refractivity contribution is -0.143. The van der Waals surface area contributed by atoms with Crippen molar-refractivity contribution in [3.8, 4) is 0 Å². The quantitative estimate of drug-likeness (QED) is 0.0320. The Morgan fingerprint density at radius 2 is 0.685 bits per heavy atom. The maximum absolute atomic E-state index is 12.5. The second kappa shape index (κ2) is 62.6. The molecule has 0 aromatic heterocycles. The van der Waals surface area contributed by atoms with Crippen LogP contribution in [0.5, 0.6) is 0 Å². The first kappa shape index (κ1) is 71.1. The summed E-state index contributed by atoms with van der Waals surface area (Å²) in [6.45, 7) is 4.95. The van der Waals surface area contributed by atoms with E-state index in [9.17, 15) is 19.8 Å². The molecule has 6 heteroatoms. The fourth-order valence-corrected chi connectivity index (χ4v) is 10.1. The fraction of sp³-hybridized carbons (Fsp3) is 0.881. The van der Waals surface area contributed by atoms with E-state index in [0.717, 1.165) is 51.4 Å². The van der Waals surface area contributed by atoms with Crippen LogP contribution >= 0.6 is 0 Å². The van der Waals surface area contributed by atoms with E-state index in [-0.39, 0.29) is 18.5 Å². The molecular formula is C67H127NO5. The lowest BCUT2D eigenvalue weighted by atomic mass is 10.0. The SMILES string of the molecule is CCCCCC/C=C\C/C=C\CCCCCCCC(=O)OCCCCCCCCCCCC/C=C\CCCCCCCCCC(=O)NC(CO)C(O)CCCCCCCCCCCCCCCCCCCCC. The van der Waals surface area contributed by atoms with Gasteiger partial charge >= 0.3 is 5.97 Å². The number of rotatable bonds is 61. The van der Waals surface area contributed by atoms with Crippen LogP contribution in [0.1, 0.15) is 354 Å². The van der Waals surface area contributed by atoms with Crippen molar-refractivity contribution >= 4 is 11.9 Å². The zero-order valence-electron chi connectivity index (χ0n) is 49.1. The maximum atomic E-state index is 12.5. The van der Waals surface area contributed by atoms with Crippen molar-refractivity contribution in [3.63, 3.8) is 0 Å². The minimum atomic E-state index is -0.671. The van der Waals surface area contributed by atoms with Crippen LogP contribution in [0.2, 0.25) is 0 Å². The number of carbonyl (C=O) groups excluding carboxylic acids is 2. The van der Waals surface area contributed by atoms with Gasteiger partial charge in [0.05, 0.1) is 25.4 Å². The average Bonchev–Trinajstić information content (AvgIpc) is 3.39. The van der Waals surface area contributed by atoms with Gasteiger partial charge in [-0.3, -0.25) is 9.59 Å². The number of ether oxygens (including phenoxy) is 1. The molecule has 430 valence electrons. The minimum Gasteiger partial charge on any atom is -0.466 e. The van der Waals surface area contributed by atoms with E-state index in [1.165, 1.54) is 270 Å². The lowest BCUT2D eigenvalue weighted by Crippen LogP contribution is -2.45. The molecule has 0 fully saturated rings. The van der Waals surface area contributed by atoms with E-state index in [2.05, 4.69) is 55.6 Å². The Labute approximate surface area is 455 Å². The molecule has 73 heavy (non-hydrogen) atoms. The van der Waals surface area contributed by atoms with Gasteiger partial charge in [-0.1, -0.05) is 294 Å². The molecule has 0 aromatic rings. The number of hydrogen-bond donors (Lipinski definition) is 3. The van der Waals surface area contributed by atoms with Crippen LogP contribution in [0, 0.1) is 0 Å². The van der Waals surface area contributed by atoms with Gasteiger partial charge in [0.15, 0.2) is 0 Å². The molecule has 0 rings (SSSR count). The highest BCUT2D eigenvalue weighted by Crippen LogP contribution is 2.18. The topological polar surface area (TPSA) is 95.9 Å². The van der Waals surface area contributed by atoms with E-state index in [1.54, 1.807) is 0 Å². The fourth-order valence-electron chi connectivity index (χ4n) is 10.1. The second-order valence-electron chi connectivity index (χ2n) is 22.4. The number of allylic oxidation sites excluding steroid dienone is 6. The van der Waals surface area contributed by atoms with Crippen LogP contribution in [-0.2, 0) is 14.3 Å². The number of amides is 1. The minimum absolute atomic E-state index is 0.00485. The van der Waals surface area contributed by atoms with Gasteiger partial charge < -0.3 is 20.3 Å². The monoisotopic (exact) mass is 1030 g/mol. The molecular weight excluding hydrogens is 899 g/mol. The van der Waals surface area contributed by atoms with E-state index in [0.29, 0.717) is 25.9 Å². The van der Waals surface area contributed by atoms with Gasteiger partial charge in [0.25, 0.3) is 0 Å². The van der Waals surface area contributed by atoms with Crippen molar-refractivity contribution < 1.29 is 24.5 Å². The molecule has 0 saturated carbocycles. The summed E-state index contributed by atoms with van der Waals surface area (Å²) in [6.07, 6.45) is 78.7. The Morgan fingerprint density at radius 3 is 1.07 bits per heavy atom. The predicted molar refractivity (Wildman–Crippen MR) is 319 cm³/mol. The predicted octanol–water partition coefficient (Wildman–Crippen LogP) is 20.8. The summed E-state index contributed by atoms with van der Waals surface area (Å²) in [7, 11) is 0. The van der Waals surface area contributed by atoms with Crippen LogP contribution < -0.4 is 5.32 Å². The Hall–Kier alpha value is -1.92. The Balaban J connectivity index is 3.43. The standard InChI is InChI=1S/C67H127NO5/c1-3-5-7-9-11-13-15-17-19-21-25-28-31-35-39-43-47-51-55-59-65(70)64(63-69)68-66(71)60-56-52-48-44-40-36-32-29-26-23-22-24-27-30-34-38-42-46-50-54-58-62-73-67(72)61-57-53-49-45-41-37-33-20-18-16-14-12-10-8-6-4-2/h14,16,20,23,26,33,64-65,69-70H,3-13,15,17-19,21-22,24-25,27-32,34-63H2,1-2H3,(H,68,71)/b16-14-,26-23-,33-20-. The molecule has 0 saturated heterocycles. The summed E-state index contributed by atoms with van der Waals surface area (Å²) in [5.74, 6) is -0.0451. The molecule has 0 bridgehead atoms. The van der Waals surface area contributed by atoms with Crippen molar-refractivity contribution in [2.75, 3.05) is 13.2 Å². The smallest absolute Gasteiger partial charge is 0.305 e. The molecule has 2 atom stereocenters. The number of nitrogens with one attached hydrogen (secondary N) is 1. The van der Waals surface area contributed by atoms with E-state index in [4.69, 9.17) is 4.74 Å². The highest BCUT2D eigenvalue weighted by molar-refractivity contribution is 5.76. The number of esters is 1. The number of aliphatic hydroxyl groups is 2. The Bertz CT molecular complexity index is 1180. The van der Waals surface area contributed by atoms with Crippen molar-refractivity contribution in [3.05, 3.63) is 36.5 Å². The van der Waals surface area contributed by atoms with E-state index in [1.807, 2.05) is 0 Å². The van der Waals surface area contributed by atoms with Gasteiger partial charge in [0, 0.05) is 12.8 Å². The van der Waals surface area contributed by atoms with Crippen LogP contribution in [0.25, 0.3) is 0 Å². The summed E-state index contributed by atoms with van der Waals surface area (Å²) in [5, 5.41) is 23.4. The first-order chi connectivity index (χ1) is 36.0. The molecule has 1 amide bonds. The molecule has 0 spiro atoms. The molecule has 6 nitrogen and oxygen atoms in total. The molecule has 3 N–H and O–H groups in total. The number of hydrogen-bond acceptors (Lipinski definition) is 5. The van der Waals surface area contributed by atoms with Crippen LogP contribution in [0.4, 0.5) is 0 Å². The summed E-state index contributed by atoms with van der Waals surface area (Å²) in [4.78, 5) is 24.6. The summed E-state index contributed by atoms with van der Waals surface area (Å²) in [6, 6.07) is -0.548. The third-order valence-corrected chi connectivity index (χ3v) is 15.2. The van der Waals surface area contributed by atoms with Crippen molar-refractivity contribution in [2.45, 2.75) is 366 Å². The number of aliphatic hydroxyl groups excluding tert-OH is 2. The highest BCUT2D eigenvalue weighted by atomic mass is 16.5.